The zero-order valence-electron chi connectivity index (χ0n) is 11.4. The summed E-state index contributed by atoms with van der Waals surface area (Å²) < 4.78 is 12.7. The van der Waals surface area contributed by atoms with Crippen LogP contribution < -0.4 is 63.5 Å². The third-order valence-electron chi connectivity index (χ3n) is 2.19. The van der Waals surface area contributed by atoms with Gasteiger partial charge in [0, 0.05) is 5.69 Å². The molecule has 1 N–H and O–H groups in total. The molecule has 0 aliphatic rings. The van der Waals surface area contributed by atoms with Crippen molar-refractivity contribution in [2.45, 2.75) is 20.8 Å². The van der Waals surface area contributed by atoms with Gasteiger partial charge in [-0.15, -0.1) is 11.6 Å². The smallest absolute Gasteiger partial charge is 0.408 e. The van der Waals surface area contributed by atoms with Gasteiger partial charge in [-0.2, -0.15) is 18.2 Å². The van der Waals surface area contributed by atoms with Crippen molar-refractivity contribution in [1.29, 1.82) is 0 Å². The van der Waals surface area contributed by atoms with Crippen molar-refractivity contribution in [3.8, 4) is 0 Å². The van der Waals surface area contributed by atoms with E-state index in [9.17, 15) is 4.39 Å². The molecule has 0 atom stereocenters. The van der Waals surface area contributed by atoms with E-state index >= 15 is 0 Å². The first-order valence-corrected chi connectivity index (χ1v) is 5.75. The van der Waals surface area contributed by atoms with Crippen LogP contribution in [-0.4, -0.2) is 0 Å². The summed E-state index contributed by atoms with van der Waals surface area (Å²) in [5, 5.41) is 3.20. The SMILES string of the molecule is CC.Cc1[c-]cccc1Nc1ccc(F)cc1.[Rb+]. The van der Waals surface area contributed by atoms with Gasteiger partial charge in [-0.25, -0.2) is 4.39 Å². The van der Waals surface area contributed by atoms with Gasteiger partial charge in [-0.05, 0) is 24.3 Å². The van der Waals surface area contributed by atoms with Crippen LogP contribution in [0.15, 0.2) is 42.5 Å². The maximum atomic E-state index is 12.7. The monoisotopic (exact) mass is 315 g/mol. The molecule has 2 aromatic rings. The molecule has 0 aliphatic carbocycles. The molecule has 0 aliphatic heterocycles. The van der Waals surface area contributed by atoms with Crippen LogP contribution in [0.4, 0.5) is 15.8 Å². The van der Waals surface area contributed by atoms with Crippen molar-refractivity contribution in [3.63, 3.8) is 0 Å². The van der Waals surface area contributed by atoms with Gasteiger partial charge in [0.1, 0.15) is 5.82 Å². The molecule has 0 spiro atoms. The molecule has 0 saturated carbocycles. The number of benzene rings is 2. The maximum Gasteiger partial charge on any atom is 1.00 e. The van der Waals surface area contributed by atoms with Crippen LogP contribution >= 0.6 is 0 Å². The summed E-state index contributed by atoms with van der Waals surface area (Å²) in [6.45, 7) is 5.98. The molecule has 2 aromatic carbocycles. The fourth-order valence-corrected chi connectivity index (χ4v) is 1.34. The van der Waals surface area contributed by atoms with E-state index < -0.39 is 0 Å². The zero-order chi connectivity index (χ0) is 12.7. The van der Waals surface area contributed by atoms with Crippen molar-refractivity contribution in [3.05, 3.63) is 59.9 Å². The predicted octanol–water partition coefficient (Wildman–Crippen LogP) is 1.71. The van der Waals surface area contributed by atoms with Crippen molar-refractivity contribution in [2.24, 2.45) is 0 Å². The molecule has 0 radical (unpaired) electrons. The Hall–Kier alpha value is -0.0248. The Bertz CT molecular complexity index is 454. The van der Waals surface area contributed by atoms with Crippen molar-refractivity contribution < 1.29 is 62.6 Å². The number of hydrogen-bond acceptors (Lipinski definition) is 1. The van der Waals surface area contributed by atoms with Gasteiger partial charge >= 0.3 is 58.2 Å². The van der Waals surface area contributed by atoms with Gasteiger partial charge in [0.2, 0.25) is 0 Å². The molecule has 0 amide bonds. The predicted molar refractivity (Wildman–Crippen MR) is 71.0 cm³/mol. The fourth-order valence-electron chi connectivity index (χ4n) is 1.34. The topological polar surface area (TPSA) is 12.0 Å². The van der Waals surface area contributed by atoms with Crippen LogP contribution in [0.1, 0.15) is 19.4 Å². The Labute approximate surface area is 158 Å². The number of nitrogens with one attached hydrogen (secondary N) is 1. The number of aryl methyl sites for hydroxylation is 1. The molecule has 0 bridgehead atoms. The quantitative estimate of drug-likeness (QED) is 0.832. The number of anilines is 2. The summed E-state index contributed by atoms with van der Waals surface area (Å²) in [4.78, 5) is 0. The van der Waals surface area contributed by atoms with Crippen molar-refractivity contribution >= 4 is 11.4 Å². The standard InChI is InChI=1S/C13H11FN.C2H6.Rb/c1-10-4-2-3-5-13(10)15-12-8-6-11(14)7-9-12;1-2;/h2-3,5-9,15H,1H3;1-2H3;/q-1;;+1. The summed E-state index contributed by atoms with van der Waals surface area (Å²) in [6, 6.07) is 15.1. The molecule has 0 saturated heterocycles. The third kappa shape index (κ3) is 5.74. The summed E-state index contributed by atoms with van der Waals surface area (Å²) >= 11 is 0. The van der Waals surface area contributed by atoms with Crippen LogP contribution in [0.25, 0.3) is 0 Å². The van der Waals surface area contributed by atoms with E-state index in [-0.39, 0.29) is 64.0 Å². The normalized spacial score (nSPS) is 8.67. The van der Waals surface area contributed by atoms with Crippen molar-refractivity contribution in [1.82, 2.24) is 0 Å². The first kappa shape index (κ1) is 18.0. The van der Waals surface area contributed by atoms with Crippen molar-refractivity contribution in [2.75, 3.05) is 5.32 Å². The number of hydrogen-bond donors (Lipinski definition) is 1. The molecule has 0 unspecified atom stereocenters. The molecule has 0 heterocycles. The summed E-state index contributed by atoms with van der Waals surface area (Å²) in [5.74, 6) is -0.225. The second kappa shape index (κ2) is 9.85. The maximum absolute atomic E-state index is 12.7. The molecule has 90 valence electrons. The Balaban J connectivity index is 0.000000917. The largest absolute Gasteiger partial charge is 1.00 e. The second-order valence-electron chi connectivity index (χ2n) is 3.34. The van der Waals surface area contributed by atoms with Gasteiger partial charge in [0.25, 0.3) is 0 Å². The molecular formula is C15H17FNRb. The third-order valence-corrected chi connectivity index (χ3v) is 2.19. The Kier molecular flexibility index (Phi) is 9.83. The van der Waals surface area contributed by atoms with Gasteiger partial charge < -0.3 is 5.32 Å². The van der Waals surface area contributed by atoms with Crippen LogP contribution in [0.5, 0.6) is 0 Å². The summed E-state index contributed by atoms with van der Waals surface area (Å²) in [7, 11) is 0. The molecule has 18 heavy (non-hydrogen) atoms. The van der Waals surface area contributed by atoms with Gasteiger partial charge in [0.05, 0.1) is 0 Å². The first-order valence-electron chi connectivity index (χ1n) is 5.75. The van der Waals surface area contributed by atoms with E-state index in [0.717, 1.165) is 16.9 Å². The van der Waals surface area contributed by atoms with Gasteiger partial charge in [-0.1, -0.05) is 26.5 Å². The average molecular weight is 316 g/mol. The minimum atomic E-state index is -0.225. The van der Waals surface area contributed by atoms with E-state index in [0.29, 0.717) is 0 Å². The van der Waals surface area contributed by atoms with E-state index in [1.807, 2.05) is 39.0 Å². The second-order valence-corrected chi connectivity index (χ2v) is 3.34. The molecule has 1 nitrogen and oxygen atoms in total. The molecule has 3 heteroatoms. The molecule has 0 aromatic heterocycles. The summed E-state index contributed by atoms with van der Waals surface area (Å²) in [5.41, 5.74) is 2.91. The van der Waals surface area contributed by atoms with Gasteiger partial charge in [-0.3, -0.25) is 0 Å². The summed E-state index contributed by atoms with van der Waals surface area (Å²) in [6.07, 6.45) is 0. The Morgan fingerprint density at radius 1 is 1.06 bits per heavy atom. The zero-order valence-corrected chi connectivity index (χ0v) is 16.3. The van der Waals surface area contributed by atoms with Crippen LogP contribution in [0, 0.1) is 18.8 Å². The minimum absolute atomic E-state index is 0. The molecule has 0 fully saturated rings. The van der Waals surface area contributed by atoms with Crippen LogP contribution in [-0.2, 0) is 0 Å². The van der Waals surface area contributed by atoms with E-state index in [4.69, 9.17) is 0 Å². The first-order chi connectivity index (χ1) is 8.25. The molecule has 2 rings (SSSR count). The number of rotatable bonds is 2. The molecular weight excluding hydrogens is 299 g/mol. The Morgan fingerprint density at radius 3 is 2.22 bits per heavy atom. The van der Waals surface area contributed by atoms with E-state index in [1.165, 1.54) is 12.1 Å². The van der Waals surface area contributed by atoms with Crippen LogP contribution in [0.3, 0.4) is 0 Å². The number of halogens is 1. The fraction of sp³-hybridized carbons (Fsp3) is 0.200. The minimum Gasteiger partial charge on any atom is -0.408 e. The van der Waals surface area contributed by atoms with E-state index in [2.05, 4.69) is 11.4 Å². The Morgan fingerprint density at radius 2 is 1.67 bits per heavy atom. The van der Waals surface area contributed by atoms with Gasteiger partial charge in [0.15, 0.2) is 0 Å². The average Bonchev–Trinajstić information content (AvgIpc) is 2.37. The van der Waals surface area contributed by atoms with Crippen LogP contribution in [0.2, 0.25) is 0 Å². The van der Waals surface area contributed by atoms with E-state index in [1.54, 1.807) is 12.1 Å².